The molecule has 4 N–H and O–H groups in total. The first-order chi connectivity index (χ1) is 18.8. The molecule has 13 nitrogen and oxygen atoms in total. The van der Waals surface area contributed by atoms with Crippen LogP contribution in [0.5, 0.6) is 0 Å². The van der Waals surface area contributed by atoms with Gasteiger partial charge in [0.25, 0.3) is 17.5 Å². The zero-order valence-corrected chi connectivity index (χ0v) is 21.6. The van der Waals surface area contributed by atoms with Crippen LogP contribution in [0, 0.1) is 11.3 Å². The molecule has 0 spiro atoms. The molecule has 200 valence electrons. The van der Waals surface area contributed by atoms with Crippen molar-refractivity contribution >= 4 is 57.4 Å². The van der Waals surface area contributed by atoms with Crippen molar-refractivity contribution in [1.82, 2.24) is 19.6 Å². The number of nitrogens with two attached hydrogens (primary N) is 1. The number of rotatable bonds is 9. The molecule has 5 heterocycles. The minimum atomic E-state index is -1.26. The lowest BCUT2D eigenvalue weighted by Crippen LogP contribution is -2.71. The third-order valence-corrected chi connectivity index (χ3v) is 8.00. The van der Waals surface area contributed by atoms with Crippen molar-refractivity contribution in [2.45, 2.75) is 18.0 Å². The number of fused-ring (bicyclic) bond motifs is 2. The summed E-state index contributed by atoms with van der Waals surface area (Å²) in [4.78, 5) is 48.4. The van der Waals surface area contributed by atoms with Crippen LogP contribution in [0.25, 0.3) is 5.65 Å². The number of carbonyl (C=O) groups excluding carboxylic acids is 2. The Balaban J connectivity index is 1.36. The zero-order chi connectivity index (χ0) is 27.7. The summed E-state index contributed by atoms with van der Waals surface area (Å²) in [5, 5.41) is 26.3. The molecule has 0 unspecified atom stereocenters. The highest BCUT2D eigenvalue weighted by molar-refractivity contribution is 8.00. The molecule has 16 heteroatoms. The molecule has 3 aromatic heterocycles. The highest BCUT2D eigenvalue weighted by Crippen LogP contribution is 2.40. The number of nitriles is 1. The van der Waals surface area contributed by atoms with Gasteiger partial charge in [0.15, 0.2) is 10.8 Å². The van der Waals surface area contributed by atoms with Gasteiger partial charge in [0.2, 0.25) is 0 Å². The number of nitrogens with zero attached hydrogens (tertiary/aromatic N) is 6. The van der Waals surface area contributed by atoms with Gasteiger partial charge < -0.3 is 21.0 Å². The predicted octanol–water partition coefficient (Wildman–Crippen LogP) is 0.266. The molecule has 2 amide bonds. The van der Waals surface area contributed by atoms with Crippen LogP contribution in [0.4, 0.5) is 9.52 Å². The number of imidazole rings is 1. The maximum Gasteiger partial charge on any atom is 0.352 e. The fourth-order valence-electron chi connectivity index (χ4n) is 4.27. The van der Waals surface area contributed by atoms with Crippen LogP contribution in [-0.2, 0) is 25.8 Å². The summed E-state index contributed by atoms with van der Waals surface area (Å²) in [5.74, 6) is -2.35. The molecule has 0 saturated carbocycles. The molecule has 0 aliphatic carbocycles. The van der Waals surface area contributed by atoms with Crippen LogP contribution < -0.4 is 15.6 Å². The number of carboxylic acids is 1. The highest BCUT2D eigenvalue weighted by Gasteiger charge is 2.54. The number of amides is 2. The van der Waals surface area contributed by atoms with Gasteiger partial charge >= 0.3 is 5.97 Å². The van der Waals surface area contributed by atoms with Crippen molar-refractivity contribution < 1.29 is 33.3 Å². The number of hydrogen-bond donors (Lipinski definition) is 3. The Morgan fingerprint density at radius 3 is 2.95 bits per heavy atom. The van der Waals surface area contributed by atoms with Crippen LogP contribution in [0.3, 0.4) is 0 Å². The lowest BCUT2D eigenvalue weighted by molar-refractivity contribution is -0.662. The molecule has 39 heavy (non-hydrogen) atoms. The van der Waals surface area contributed by atoms with E-state index >= 15 is 0 Å². The van der Waals surface area contributed by atoms with Crippen molar-refractivity contribution in [3.63, 3.8) is 0 Å². The summed E-state index contributed by atoms with van der Waals surface area (Å²) < 4.78 is 16.1. The van der Waals surface area contributed by atoms with E-state index < -0.39 is 35.9 Å². The Labute approximate surface area is 228 Å². The summed E-state index contributed by atoms with van der Waals surface area (Å²) in [6, 6.07) is 4.47. The largest absolute Gasteiger partial charge is 0.477 e. The summed E-state index contributed by atoms with van der Waals surface area (Å²) in [5.41, 5.74) is 7.06. The summed E-state index contributed by atoms with van der Waals surface area (Å²) >= 11 is 2.38. The van der Waals surface area contributed by atoms with E-state index in [0.29, 0.717) is 16.9 Å². The van der Waals surface area contributed by atoms with Crippen LogP contribution in [0.1, 0.15) is 11.3 Å². The smallest absolute Gasteiger partial charge is 0.352 e. The Hall–Kier alpha value is -4.49. The molecular formula is C23H20FN8O5S2+. The monoisotopic (exact) mass is 571 g/mol. The van der Waals surface area contributed by atoms with E-state index in [2.05, 4.69) is 21.5 Å². The first-order valence-electron chi connectivity index (χ1n) is 11.4. The molecule has 2 aliphatic heterocycles. The van der Waals surface area contributed by atoms with E-state index in [9.17, 15) is 23.9 Å². The van der Waals surface area contributed by atoms with Crippen molar-refractivity contribution in [3.8, 4) is 6.07 Å². The molecule has 2 aliphatic rings. The lowest BCUT2D eigenvalue weighted by Gasteiger charge is -2.49. The van der Waals surface area contributed by atoms with Gasteiger partial charge in [-0.15, -0.1) is 23.1 Å². The van der Waals surface area contributed by atoms with E-state index in [1.54, 1.807) is 35.1 Å². The van der Waals surface area contributed by atoms with E-state index in [1.165, 1.54) is 22.0 Å². The molecular weight excluding hydrogens is 551 g/mol. The van der Waals surface area contributed by atoms with Gasteiger partial charge in [-0.3, -0.25) is 14.5 Å². The van der Waals surface area contributed by atoms with Crippen molar-refractivity contribution in [2.24, 2.45) is 5.16 Å². The Morgan fingerprint density at radius 1 is 1.44 bits per heavy atom. The SMILES string of the molecule is N#Cc1ccc2n(cc[n+]2CC2=C(C(=O)O)N3C(=O)[C@@H](NC(=O)/C(=N\OCCF)c4csc(N)n4)[C@H]3SC2)c1. The minimum absolute atomic E-state index is 0.0981. The molecule has 0 bridgehead atoms. The maximum absolute atomic E-state index is 13.1. The summed E-state index contributed by atoms with van der Waals surface area (Å²) in [6.07, 6.45) is 5.18. The van der Waals surface area contributed by atoms with Crippen LogP contribution >= 0.6 is 23.1 Å². The minimum Gasteiger partial charge on any atom is -0.477 e. The zero-order valence-electron chi connectivity index (χ0n) is 20.0. The predicted molar refractivity (Wildman–Crippen MR) is 137 cm³/mol. The lowest BCUT2D eigenvalue weighted by atomic mass is 10.0. The third kappa shape index (κ3) is 4.89. The molecule has 0 radical (unpaired) electrons. The second kappa shape index (κ2) is 10.7. The van der Waals surface area contributed by atoms with E-state index in [1.807, 2.05) is 4.57 Å². The summed E-state index contributed by atoms with van der Waals surface area (Å²) in [6.45, 7) is -0.995. The number of nitrogens with one attached hydrogen (secondary N) is 1. The van der Waals surface area contributed by atoms with Gasteiger partial charge in [-0.1, -0.05) is 5.16 Å². The van der Waals surface area contributed by atoms with Gasteiger partial charge in [-0.2, -0.15) is 5.26 Å². The standard InChI is InChI=1S/C23H19FN8O5S2/c24-3-6-37-29-16(14-11-39-23(26)27-14)19(33)28-17-20(34)32-18(22(35)36)13(10-38-21(17)32)9-31-5-4-30-8-12(7-25)1-2-15(30)31/h1-2,4-5,8,11,17,21H,3,6,9-10H2,(H3-,26,27,28,33,35,36)/p+1/b29-16-/t17-,21-/m1/s1. The van der Waals surface area contributed by atoms with E-state index in [4.69, 9.17) is 15.8 Å². The number of carbonyl (C=O) groups is 3. The number of pyridine rings is 1. The van der Waals surface area contributed by atoms with Crippen LogP contribution in [-0.4, -0.2) is 73.3 Å². The number of nitrogen functional groups attached to an aromatic ring is 1. The Morgan fingerprint density at radius 2 is 2.26 bits per heavy atom. The number of oxime groups is 1. The number of halogens is 1. The highest BCUT2D eigenvalue weighted by atomic mass is 32.2. The second-order valence-electron chi connectivity index (χ2n) is 8.37. The van der Waals surface area contributed by atoms with Gasteiger partial charge in [-0.05, 0) is 6.07 Å². The number of carboxylic acid groups (broad SMARTS) is 1. The van der Waals surface area contributed by atoms with E-state index in [-0.39, 0.29) is 35.4 Å². The average Bonchev–Trinajstić information content (AvgIpc) is 3.54. The maximum atomic E-state index is 13.1. The topological polar surface area (TPSA) is 179 Å². The first-order valence-corrected chi connectivity index (χ1v) is 13.3. The average molecular weight is 572 g/mol. The van der Waals surface area contributed by atoms with Crippen LogP contribution in [0.2, 0.25) is 0 Å². The molecule has 5 rings (SSSR count). The fraction of sp³-hybridized carbons (Fsp3) is 0.261. The first kappa shape index (κ1) is 26.1. The Kier molecular flexibility index (Phi) is 7.17. The van der Waals surface area contributed by atoms with Crippen LogP contribution in [0.15, 0.2) is 52.5 Å². The quantitative estimate of drug-likeness (QED) is 0.107. The number of thiazole rings is 1. The fourth-order valence-corrected chi connectivity index (χ4v) is 6.15. The van der Waals surface area contributed by atoms with Gasteiger partial charge in [0.05, 0.1) is 5.56 Å². The Bertz CT molecular complexity index is 1590. The number of aliphatic carboxylic acids is 1. The number of hydrogen-bond acceptors (Lipinski definition) is 10. The van der Waals surface area contributed by atoms with Crippen molar-refractivity contribution in [2.75, 3.05) is 24.8 Å². The number of β-lactam (4-membered cyclic amide) rings is 1. The van der Waals surface area contributed by atoms with E-state index in [0.717, 1.165) is 17.0 Å². The normalized spacial score (nSPS) is 18.9. The van der Waals surface area contributed by atoms with Gasteiger partial charge in [0, 0.05) is 22.8 Å². The van der Waals surface area contributed by atoms with Crippen molar-refractivity contribution in [3.05, 3.63) is 58.6 Å². The molecule has 3 aromatic rings. The second-order valence-corrected chi connectivity index (χ2v) is 10.4. The van der Waals surface area contributed by atoms with Crippen molar-refractivity contribution in [1.29, 1.82) is 5.26 Å². The van der Waals surface area contributed by atoms with Gasteiger partial charge in [0.1, 0.15) is 67.3 Å². The number of alkyl halides is 1. The molecule has 0 aromatic carbocycles. The molecule has 1 saturated heterocycles. The van der Waals surface area contributed by atoms with Gasteiger partial charge in [-0.25, -0.2) is 23.1 Å². The molecule has 1 fully saturated rings. The number of aromatic nitrogens is 3. The summed E-state index contributed by atoms with van der Waals surface area (Å²) in [7, 11) is 0. The molecule has 2 atom stereocenters. The third-order valence-electron chi connectivity index (χ3n) is 5.99. The number of anilines is 1. The number of thioether (sulfide) groups is 1.